The van der Waals surface area contributed by atoms with Crippen molar-refractivity contribution >= 4 is 0 Å². The average Bonchev–Trinajstić information content (AvgIpc) is 2.54. The molecule has 26 heavy (non-hydrogen) atoms. The zero-order valence-electron chi connectivity index (χ0n) is 17.6. The lowest BCUT2D eigenvalue weighted by molar-refractivity contribution is -0.165. The Labute approximate surface area is 159 Å². The summed E-state index contributed by atoms with van der Waals surface area (Å²) in [5, 5.41) is 0. The molecule has 3 fully saturated rings. The molecule has 152 valence electrons. The summed E-state index contributed by atoms with van der Waals surface area (Å²) < 4.78 is 34.3. The van der Waals surface area contributed by atoms with E-state index in [2.05, 4.69) is 34.6 Å². The largest absolute Gasteiger partial charge is 0.375 e. The van der Waals surface area contributed by atoms with Gasteiger partial charge in [-0.1, -0.05) is 27.2 Å². The predicted octanol–water partition coefficient (Wildman–Crippen LogP) is 7.24. The minimum Gasteiger partial charge on any atom is -0.375 e. The van der Waals surface area contributed by atoms with Gasteiger partial charge < -0.3 is 4.74 Å². The van der Waals surface area contributed by atoms with Crippen LogP contribution in [0.3, 0.4) is 0 Å². The van der Waals surface area contributed by atoms with Gasteiger partial charge in [-0.25, -0.2) is 8.78 Å². The highest BCUT2D eigenvalue weighted by Gasteiger charge is 2.57. The average molecular weight is 371 g/mol. The molecule has 0 unspecified atom stereocenters. The number of ether oxygens (including phenoxy) is 1. The maximum atomic E-state index is 14.0. The van der Waals surface area contributed by atoms with Crippen LogP contribution >= 0.6 is 0 Å². The number of fused-ring (bicyclic) bond motifs is 3. The van der Waals surface area contributed by atoms with Gasteiger partial charge in [-0.05, 0) is 87.4 Å². The summed E-state index contributed by atoms with van der Waals surface area (Å²) in [4.78, 5) is 0. The molecule has 0 spiro atoms. The molecule has 0 heterocycles. The van der Waals surface area contributed by atoms with E-state index < -0.39 is 5.92 Å². The van der Waals surface area contributed by atoms with Crippen molar-refractivity contribution < 1.29 is 13.5 Å². The van der Waals surface area contributed by atoms with E-state index in [-0.39, 0.29) is 35.7 Å². The third-order valence-corrected chi connectivity index (χ3v) is 8.33. The van der Waals surface area contributed by atoms with E-state index in [1.165, 1.54) is 19.3 Å². The summed E-state index contributed by atoms with van der Waals surface area (Å²) in [5.41, 5.74) is 0.397. The van der Waals surface area contributed by atoms with Crippen LogP contribution in [-0.4, -0.2) is 18.1 Å². The Morgan fingerprint density at radius 3 is 2.38 bits per heavy atom. The normalized spacial score (nSPS) is 43.6. The number of rotatable bonds is 5. The molecule has 1 nitrogen and oxygen atoms in total. The third-order valence-electron chi connectivity index (χ3n) is 8.33. The molecule has 6 atom stereocenters. The second kappa shape index (κ2) is 7.33. The third kappa shape index (κ3) is 3.84. The molecule has 3 aliphatic carbocycles. The Balaban J connectivity index is 1.74. The van der Waals surface area contributed by atoms with Gasteiger partial charge in [0.2, 0.25) is 5.92 Å². The summed E-state index contributed by atoms with van der Waals surface area (Å²) >= 11 is 0. The predicted molar refractivity (Wildman–Crippen MR) is 103 cm³/mol. The number of hydrogen-bond donors (Lipinski definition) is 0. The first-order valence-electron chi connectivity index (χ1n) is 11.1. The van der Waals surface area contributed by atoms with E-state index in [0.29, 0.717) is 17.9 Å². The van der Waals surface area contributed by atoms with Gasteiger partial charge in [-0.3, -0.25) is 0 Å². The Bertz CT molecular complexity index is 491. The molecular formula is C23H40F2O. The van der Waals surface area contributed by atoms with E-state index in [9.17, 15) is 8.78 Å². The molecule has 0 radical (unpaired) electrons. The summed E-state index contributed by atoms with van der Waals surface area (Å²) in [7, 11) is 0. The Morgan fingerprint density at radius 2 is 1.73 bits per heavy atom. The highest BCUT2D eigenvalue weighted by molar-refractivity contribution is 5.05. The van der Waals surface area contributed by atoms with Crippen LogP contribution in [0, 0.1) is 28.6 Å². The van der Waals surface area contributed by atoms with E-state index in [0.717, 1.165) is 32.1 Å². The molecule has 0 aromatic heterocycles. The van der Waals surface area contributed by atoms with Crippen LogP contribution in [0.1, 0.15) is 98.8 Å². The van der Waals surface area contributed by atoms with Crippen LogP contribution in [0.15, 0.2) is 0 Å². The van der Waals surface area contributed by atoms with Crippen LogP contribution in [0.2, 0.25) is 0 Å². The lowest BCUT2D eigenvalue weighted by Crippen LogP contribution is -2.53. The summed E-state index contributed by atoms with van der Waals surface area (Å²) in [6.07, 6.45) is 9.68. The van der Waals surface area contributed by atoms with Gasteiger partial charge in [-0.15, -0.1) is 0 Å². The van der Waals surface area contributed by atoms with E-state index in [1.54, 1.807) is 0 Å². The molecule has 0 amide bonds. The minimum absolute atomic E-state index is 0.107. The van der Waals surface area contributed by atoms with Gasteiger partial charge in [0, 0.05) is 12.8 Å². The quantitative estimate of drug-likeness (QED) is 0.495. The topological polar surface area (TPSA) is 9.23 Å². The fraction of sp³-hybridized carbons (Fsp3) is 1.00. The van der Waals surface area contributed by atoms with E-state index in [4.69, 9.17) is 4.74 Å². The molecule has 0 aliphatic heterocycles. The van der Waals surface area contributed by atoms with Gasteiger partial charge in [0.15, 0.2) is 0 Å². The maximum absolute atomic E-state index is 14.0. The van der Waals surface area contributed by atoms with E-state index >= 15 is 0 Å². The number of halogens is 2. The zero-order chi connectivity index (χ0) is 19.2. The van der Waals surface area contributed by atoms with E-state index in [1.807, 2.05) is 0 Å². The van der Waals surface area contributed by atoms with Crippen LogP contribution in [0.5, 0.6) is 0 Å². The Morgan fingerprint density at radius 1 is 1.00 bits per heavy atom. The number of hydrogen-bond acceptors (Lipinski definition) is 1. The lowest BCUT2D eigenvalue weighted by Gasteiger charge is -2.59. The van der Waals surface area contributed by atoms with Crippen molar-refractivity contribution in [2.75, 3.05) is 0 Å². The molecule has 3 rings (SSSR count). The van der Waals surface area contributed by atoms with Crippen LogP contribution < -0.4 is 0 Å². The van der Waals surface area contributed by atoms with Gasteiger partial charge in [0.25, 0.3) is 0 Å². The molecule has 0 bridgehead atoms. The Hall–Kier alpha value is -0.180. The molecule has 3 saturated carbocycles. The van der Waals surface area contributed by atoms with Gasteiger partial charge >= 0.3 is 0 Å². The van der Waals surface area contributed by atoms with Crippen molar-refractivity contribution in [3.63, 3.8) is 0 Å². The van der Waals surface area contributed by atoms with Crippen LogP contribution in [0.25, 0.3) is 0 Å². The standard InChI is InChI=1S/C23H40F2O/c1-6-7-20(26-16(2)3)21(4)11-10-19-17(14-21)8-9-18-15-23(24,25)13-12-22(18,19)5/h16-20H,6-15H2,1-5H3/t17-,18-,19-,20-,21-,22-/m0/s1. The summed E-state index contributed by atoms with van der Waals surface area (Å²) in [6, 6.07) is 0. The lowest BCUT2D eigenvalue weighted by atomic mass is 9.47. The minimum atomic E-state index is -2.42. The molecule has 0 aromatic carbocycles. The van der Waals surface area contributed by atoms with Crippen molar-refractivity contribution in [2.45, 2.75) is 117 Å². The fourth-order valence-electron chi connectivity index (χ4n) is 6.89. The van der Waals surface area contributed by atoms with Gasteiger partial charge in [-0.2, -0.15) is 0 Å². The monoisotopic (exact) mass is 370 g/mol. The first-order chi connectivity index (χ1) is 12.1. The molecule has 3 aliphatic rings. The van der Waals surface area contributed by atoms with Crippen LogP contribution in [-0.2, 0) is 4.74 Å². The van der Waals surface area contributed by atoms with Crippen molar-refractivity contribution in [3.8, 4) is 0 Å². The smallest absolute Gasteiger partial charge is 0.248 e. The maximum Gasteiger partial charge on any atom is 0.248 e. The second-order valence-electron chi connectivity index (χ2n) is 10.6. The van der Waals surface area contributed by atoms with Crippen molar-refractivity contribution in [2.24, 2.45) is 28.6 Å². The molecule has 0 N–H and O–H groups in total. The zero-order valence-corrected chi connectivity index (χ0v) is 17.6. The number of alkyl halides is 2. The highest BCUT2D eigenvalue weighted by atomic mass is 19.3. The van der Waals surface area contributed by atoms with Crippen LogP contribution in [0.4, 0.5) is 8.78 Å². The summed E-state index contributed by atoms with van der Waals surface area (Å²) in [5.74, 6) is -0.837. The SMILES string of the molecule is CCC[C@H](OC(C)C)[C@@]1(C)CC[C@H]2[C@@H](CC[C@H]3CC(F)(F)CC[C@@]32C)C1. The molecular weight excluding hydrogens is 330 g/mol. The first-order valence-corrected chi connectivity index (χ1v) is 11.1. The highest BCUT2D eigenvalue weighted by Crippen LogP contribution is 2.63. The Kier molecular flexibility index (Phi) is 5.80. The van der Waals surface area contributed by atoms with Gasteiger partial charge in [0.1, 0.15) is 0 Å². The van der Waals surface area contributed by atoms with Crippen molar-refractivity contribution in [1.29, 1.82) is 0 Å². The molecule has 3 heteroatoms. The summed E-state index contributed by atoms with van der Waals surface area (Å²) in [6.45, 7) is 11.3. The molecule has 0 saturated heterocycles. The first kappa shape index (κ1) is 20.6. The molecule has 0 aromatic rings. The fourth-order valence-corrected chi connectivity index (χ4v) is 6.89. The van der Waals surface area contributed by atoms with Crippen molar-refractivity contribution in [1.82, 2.24) is 0 Å². The second-order valence-corrected chi connectivity index (χ2v) is 10.6. The van der Waals surface area contributed by atoms with Gasteiger partial charge in [0.05, 0.1) is 12.2 Å². The van der Waals surface area contributed by atoms with Crippen molar-refractivity contribution in [3.05, 3.63) is 0 Å².